The Kier molecular flexibility index (Phi) is 8.12. The fourth-order valence-electron chi connectivity index (χ4n) is 3.73. The number of halogens is 1. The first-order valence-corrected chi connectivity index (χ1v) is 12.4. The SMILES string of the molecule is Cc1cccc(NC(=O)CSc2nnc(CNC(=O)c3cccc([N+](=O)[O-])c3C)n2-c2ccc(F)cc2)c1. The number of benzene rings is 3. The van der Waals surface area contributed by atoms with Crippen LogP contribution in [-0.4, -0.2) is 37.3 Å². The molecule has 3 aromatic carbocycles. The maximum Gasteiger partial charge on any atom is 0.273 e. The number of carbonyl (C=O) groups excluding carboxylic acids is 2. The van der Waals surface area contributed by atoms with Crippen molar-refractivity contribution in [3.05, 3.63) is 105 Å². The Morgan fingerprint density at radius 1 is 1.05 bits per heavy atom. The number of anilines is 1. The normalized spacial score (nSPS) is 10.7. The summed E-state index contributed by atoms with van der Waals surface area (Å²) in [6.07, 6.45) is 0. The van der Waals surface area contributed by atoms with Gasteiger partial charge in [-0.2, -0.15) is 0 Å². The van der Waals surface area contributed by atoms with Gasteiger partial charge in [0.2, 0.25) is 5.91 Å². The lowest BCUT2D eigenvalue weighted by Gasteiger charge is -2.12. The zero-order valence-electron chi connectivity index (χ0n) is 20.5. The number of amides is 2. The molecule has 0 aliphatic carbocycles. The molecule has 2 N–H and O–H groups in total. The monoisotopic (exact) mass is 534 g/mol. The highest BCUT2D eigenvalue weighted by Gasteiger charge is 2.20. The van der Waals surface area contributed by atoms with Crippen LogP contribution < -0.4 is 10.6 Å². The Morgan fingerprint density at radius 2 is 1.79 bits per heavy atom. The summed E-state index contributed by atoms with van der Waals surface area (Å²) in [6.45, 7) is 3.36. The van der Waals surface area contributed by atoms with Gasteiger partial charge in [0.05, 0.1) is 17.2 Å². The average molecular weight is 535 g/mol. The largest absolute Gasteiger partial charge is 0.345 e. The molecule has 12 heteroatoms. The molecule has 4 rings (SSSR count). The molecule has 1 aromatic heterocycles. The van der Waals surface area contributed by atoms with Crippen molar-refractivity contribution >= 4 is 35.0 Å². The van der Waals surface area contributed by atoms with E-state index < -0.39 is 16.6 Å². The number of rotatable bonds is 9. The number of aromatic nitrogens is 3. The van der Waals surface area contributed by atoms with Gasteiger partial charge in [0.15, 0.2) is 11.0 Å². The van der Waals surface area contributed by atoms with Crippen LogP contribution in [0.1, 0.15) is 27.3 Å². The summed E-state index contributed by atoms with van der Waals surface area (Å²) in [6, 6.07) is 17.3. The van der Waals surface area contributed by atoms with E-state index in [1.54, 1.807) is 10.6 Å². The molecule has 0 saturated heterocycles. The van der Waals surface area contributed by atoms with Gasteiger partial charge in [0, 0.05) is 28.6 Å². The topological polar surface area (TPSA) is 132 Å². The minimum atomic E-state index is -0.546. The van der Waals surface area contributed by atoms with E-state index in [-0.39, 0.29) is 35.0 Å². The van der Waals surface area contributed by atoms with Gasteiger partial charge >= 0.3 is 0 Å². The molecule has 0 saturated carbocycles. The number of nitro benzene ring substituents is 1. The van der Waals surface area contributed by atoms with Crippen LogP contribution >= 0.6 is 11.8 Å². The minimum absolute atomic E-state index is 0.0342. The van der Waals surface area contributed by atoms with Crippen molar-refractivity contribution < 1.29 is 18.9 Å². The molecule has 10 nitrogen and oxygen atoms in total. The van der Waals surface area contributed by atoms with Crippen molar-refractivity contribution in [3.8, 4) is 5.69 Å². The van der Waals surface area contributed by atoms with E-state index >= 15 is 0 Å². The van der Waals surface area contributed by atoms with E-state index in [9.17, 15) is 24.1 Å². The summed E-state index contributed by atoms with van der Waals surface area (Å²) in [5.74, 6) is -0.831. The van der Waals surface area contributed by atoms with E-state index in [0.29, 0.717) is 22.4 Å². The van der Waals surface area contributed by atoms with Crippen molar-refractivity contribution in [2.24, 2.45) is 0 Å². The van der Waals surface area contributed by atoms with Crippen LogP contribution in [0, 0.1) is 29.8 Å². The van der Waals surface area contributed by atoms with Crippen LogP contribution in [0.2, 0.25) is 0 Å². The van der Waals surface area contributed by atoms with Crippen LogP contribution in [0.3, 0.4) is 0 Å². The Labute approximate surface area is 221 Å². The van der Waals surface area contributed by atoms with Crippen LogP contribution in [0.5, 0.6) is 0 Å². The smallest absolute Gasteiger partial charge is 0.273 e. The van der Waals surface area contributed by atoms with Crippen molar-refractivity contribution in [1.82, 2.24) is 20.1 Å². The lowest BCUT2D eigenvalue weighted by Crippen LogP contribution is -2.25. The standard InChI is InChI=1S/C26H23FN6O4S/c1-16-5-3-6-19(13-16)29-24(34)15-38-26-31-30-23(32(26)20-11-9-18(27)10-12-20)14-28-25(35)21-7-4-8-22(17(21)2)33(36)37/h3-13H,14-15H2,1-2H3,(H,28,35)(H,29,34). The predicted molar refractivity (Wildman–Crippen MR) is 141 cm³/mol. The second-order valence-corrected chi connectivity index (χ2v) is 9.25. The molecule has 0 bridgehead atoms. The van der Waals surface area contributed by atoms with E-state index in [4.69, 9.17) is 0 Å². The first-order chi connectivity index (χ1) is 18.2. The Balaban J connectivity index is 1.52. The van der Waals surface area contributed by atoms with Gasteiger partial charge in [0.25, 0.3) is 11.6 Å². The summed E-state index contributed by atoms with van der Waals surface area (Å²) in [7, 11) is 0. The van der Waals surface area contributed by atoms with E-state index in [2.05, 4.69) is 20.8 Å². The van der Waals surface area contributed by atoms with Crippen molar-refractivity contribution in [3.63, 3.8) is 0 Å². The number of thioether (sulfide) groups is 1. The quantitative estimate of drug-likeness (QED) is 0.182. The molecule has 0 aliphatic rings. The van der Waals surface area contributed by atoms with E-state index in [1.165, 1.54) is 49.4 Å². The first kappa shape index (κ1) is 26.5. The lowest BCUT2D eigenvalue weighted by atomic mass is 10.1. The van der Waals surface area contributed by atoms with Crippen LogP contribution in [0.15, 0.2) is 71.9 Å². The summed E-state index contributed by atoms with van der Waals surface area (Å²) in [5, 5.41) is 25.5. The second kappa shape index (κ2) is 11.6. The average Bonchev–Trinajstić information content (AvgIpc) is 3.29. The summed E-state index contributed by atoms with van der Waals surface area (Å²) >= 11 is 1.13. The molecule has 0 unspecified atom stereocenters. The molecule has 1 heterocycles. The minimum Gasteiger partial charge on any atom is -0.345 e. The summed E-state index contributed by atoms with van der Waals surface area (Å²) < 4.78 is 15.2. The Morgan fingerprint density at radius 3 is 2.50 bits per heavy atom. The molecule has 0 radical (unpaired) electrons. The molecule has 4 aromatic rings. The number of aryl methyl sites for hydroxylation is 1. The zero-order chi connectivity index (χ0) is 27.2. The van der Waals surface area contributed by atoms with Gasteiger partial charge in [-0.1, -0.05) is 30.0 Å². The van der Waals surface area contributed by atoms with Gasteiger partial charge in [-0.3, -0.25) is 24.3 Å². The van der Waals surface area contributed by atoms with Crippen LogP contribution in [0.25, 0.3) is 5.69 Å². The molecule has 0 fully saturated rings. The summed E-state index contributed by atoms with van der Waals surface area (Å²) in [5.41, 5.74) is 2.47. The van der Waals surface area contributed by atoms with Crippen LogP contribution in [0.4, 0.5) is 15.8 Å². The number of nitrogens with zero attached hydrogens (tertiary/aromatic N) is 4. The first-order valence-electron chi connectivity index (χ1n) is 11.4. The predicted octanol–water partition coefficient (Wildman–Crippen LogP) is 4.59. The molecule has 2 amide bonds. The number of nitrogens with one attached hydrogen (secondary N) is 2. The van der Waals surface area contributed by atoms with Gasteiger partial charge in [-0.25, -0.2) is 4.39 Å². The number of carbonyl (C=O) groups is 2. The third-order valence-corrected chi connectivity index (χ3v) is 6.50. The molecule has 0 aliphatic heterocycles. The highest BCUT2D eigenvalue weighted by Crippen LogP contribution is 2.24. The fraction of sp³-hybridized carbons (Fsp3) is 0.154. The fourth-order valence-corrected chi connectivity index (χ4v) is 4.50. The van der Waals surface area contributed by atoms with Crippen molar-refractivity contribution in [1.29, 1.82) is 0 Å². The maximum absolute atomic E-state index is 13.6. The number of hydrogen-bond donors (Lipinski definition) is 2. The molecular formula is C26H23FN6O4S. The van der Waals surface area contributed by atoms with Gasteiger partial charge < -0.3 is 10.6 Å². The highest BCUT2D eigenvalue weighted by atomic mass is 32.2. The van der Waals surface area contributed by atoms with E-state index in [1.807, 2.05) is 25.1 Å². The van der Waals surface area contributed by atoms with Gasteiger partial charge in [-0.05, 0) is 61.9 Å². The number of nitro groups is 1. The van der Waals surface area contributed by atoms with Gasteiger partial charge in [0.1, 0.15) is 5.82 Å². The second-order valence-electron chi connectivity index (χ2n) is 8.31. The van der Waals surface area contributed by atoms with Crippen molar-refractivity contribution in [2.75, 3.05) is 11.1 Å². The van der Waals surface area contributed by atoms with Crippen LogP contribution in [-0.2, 0) is 11.3 Å². The lowest BCUT2D eigenvalue weighted by molar-refractivity contribution is -0.385. The Bertz CT molecular complexity index is 1510. The van der Waals surface area contributed by atoms with Gasteiger partial charge in [-0.15, -0.1) is 10.2 Å². The summed E-state index contributed by atoms with van der Waals surface area (Å²) in [4.78, 5) is 36.0. The van der Waals surface area contributed by atoms with E-state index in [0.717, 1.165) is 17.3 Å². The zero-order valence-corrected chi connectivity index (χ0v) is 21.3. The molecule has 0 atom stereocenters. The van der Waals surface area contributed by atoms with Crippen molar-refractivity contribution in [2.45, 2.75) is 25.5 Å². The Hall–Kier alpha value is -4.58. The molecule has 0 spiro atoms. The third-order valence-electron chi connectivity index (χ3n) is 5.57. The molecule has 194 valence electrons. The molecular weight excluding hydrogens is 511 g/mol. The molecule has 38 heavy (non-hydrogen) atoms. The highest BCUT2D eigenvalue weighted by molar-refractivity contribution is 7.99. The third kappa shape index (κ3) is 6.21. The number of hydrogen-bond acceptors (Lipinski definition) is 7. The maximum atomic E-state index is 13.6.